The van der Waals surface area contributed by atoms with Crippen molar-refractivity contribution in [3.63, 3.8) is 0 Å². The lowest BCUT2D eigenvalue weighted by Gasteiger charge is -2.37. The number of benzene rings is 5. The number of nitrogens with zero attached hydrogens (tertiary/aromatic N) is 6. The molecule has 65 heavy (non-hydrogen) atoms. The molecule has 0 spiro atoms. The summed E-state index contributed by atoms with van der Waals surface area (Å²) in [4.78, 5) is 48.8. The van der Waals surface area contributed by atoms with Gasteiger partial charge in [-0.15, -0.1) is 0 Å². The number of imidazole rings is 1. The number of carbonyl (C=O) groups excluding carboxylic acids is 1. The first-order valence-corrected chi connectivity index (χ1v) is 20.7. The maximum Gasteiger partial charge on any atom is 0.321 e. The van der Waals surface area contributed by atoms with Crippen molar-refractivity contribution in [1.82, 2.24) is 19.5 Å². The van der Waals surface area contributed by atoms with Crippen LogP contribution in [0.4, 0.5) is 11.4 Å². The molecule has 334 valence electrons. The molecule has 0 saturated heterocycles. The molecule has 1 atom stereocenters. The Kier molecular flexibility index (Phi) is 14.7. The Balaban J connectivity index is 1.11. The maximum absolute atomic E-state index is 13.9. The minimum atomic E-state index is -1.16. The van der Waals surface area contributed by atoms with E-state index < -0.39 is 21.4 Å². The Hall–Kier alpha value is -7.76. The lowest BCUT2D eigenvalue weighted by Crippen LogP contribution is -2.35. The summed E-state index contributed by atoms with van der Waals surface area (Å²) in [5, 5.41) is 32.9. The predicted molar refractivity (Wildman–Crippen MR) is 238 cm³/mol. The molecule has 0 unspecified atom stereocenters. The SMILES string of the molecule is COc1ccc(C(OC[C@@H](CO)CC(=O)Cn2cnc3c(OCCc4ccc([N+](=O)[O-])cc4)nc(OCCc4ccc([N+](=O)[O-])cc4)nc32)(c2ccccc2)c2ccc(OC)cc2)cc1. The first-order valence-electron chi connectivity index (χ1n) is 20.7. The number of hydrogen-bond donors (Lipinski definition) is 1. The predicted octanol–water partition coefficient (Wildman–Crippen LogP) is 7.48. The van der Waals surface area contributed by atoms with Gasteiger partial charge in [0.15, 0.2) is 16.9 Å². The second kappa shape index (κ2) is 21.1. The molecule has 0 aliphatic heterocycles. The van der Waals surface area contributed by atoms with Crippen LogP contribution in [0.25, 0.3) is 11.2 Å². The molecule has 17 nitrogen and oxygen atoms in total. The molecule has 0 amide bonds. The van der Waals surface area contributed by atoms with Crippen molar-refractivity contribution < 1.29 is 43.4 Å². The van der Waals surface area contributed by atoms with Gasteiger partial charge in [-0.3, -0.25) is 25.0 Å². The number of aliphatic hydroxyl groups is 1. The second-order valence-electron chi connectivity index (χ2n) is 15.0. The summed E-state index contributed by atoms with van der Waals surface area (Å²) in [5.41, 5.74) is 3.37. The van der Waals surface area contributed by atoms with Crippen molar-refractivity contribution in [3.8, 4) is 23.4 Å². The molecule has 0 radical (unpaired) electrons. The number of rotatable bonds is 23. The molecule has 5 aromatic carbocycles. The molecule has 7 rings (SSSR count). The largest absolute Gasteiger partial charge is 0.497 e. The molecule has 0 saturated carbocycles. The van der Waals surface area contributed by atoms with Gasteiger partial charge in [0.25, 0.3) is 11.4 Å². The third kappa shape index (κ3) is 10.9. The number of fused-ring (bicyclic) bond motifs is 1. The molecule has 0 bridgehead atoms. The van der Waals surface area contributed by atoms with Gasteiger partial charge in [-0.2, -0.15) is 9.97 Å². The standard InChI is InChI=1S/C48H46N6O11/c1-61-42-20-12-37(13-21-42)48(36-6-4-3-5-7-36,38-14-22-43(62-2)23-15-38)65-31-35(30-55)28-41(56)29-52-32-49-44-45(52)50-47(64-27-25-34-10-18-40(19-11-34)54(59)60)51-46(44)63-26-24-33-8-16-39(17-9-33)53(57)58/h3-23,32,35,55H,24-31H2,1-2H3/t35-/m1/s1. The van der Waals surface area contributed by atoms with Crippen molar-refractivity contribution >= 4 is 28.3 Å². The number of hydrogen-bond acceptors (Lipinski definition) is 14. The average Bonchev–Trinajstić information content (AvgIpc) is 3.74. The lowest BCUT2D eigenvalue weighted by molar-refractivity contribution is -0.385. The third-order valence-corrected chi connectivity index (χ3v) is 10.8. The first-order chi connectivity index (χ1) is 31.6. The Morgan fingerprint density at radius 1 is 0.708 bits per heavy atom. The van der Waals surface area contributed by atoms with E-state index in [4.69, 9.17) is 23.7 Å². The summed E-state index contributed by atoms with van der Waals surface area (Å²) < 4.78 is 31.5. The normalized spacial score (nSPS) is 11.8. The van der Waals surface area contributed by atoms with E-state index in [-0.39, 0.29) is 79.6 Å². The van der Waals surface area contributed by atoms with Gasteiger partial charge in [-0.1, -0.05) is 78.9 Å². The monoisotopic (exact) mass is 882 g/mol. The van der Waals surface area contributed by atoms with E-state index in [1.807, 2.05) is 78.9 Å². The second-order valence-corrected chi connectivity index (χ2v) is 15.0. The van der Waals surface area contributed by atoms with E-state index in [9.17, 15) is 30.1 Å². The van der Waals surface area contributed by atoms with E-state index >= 15 is 0 Å². The smallest absolute Gasteiger partial charge is 0.321 e. The van der Waals surface area contributed by atoms with Crippen LogP contribution in [0.3, 0.4) is 0 Å². The third-order valence-electron chi connectivity index (χ3n) is 10.8. The van der Waals surface area contributed by atoms with Crippen molar-refractivity contribution in [1.29, 1.82) is 0 Å². The maximum atomic E-state index is 13.9. The number of nitro groups is 2. The molecule has 2 aromatic heterocycles. The number of non-ortho nitro benzene ring substituents is 2. The van der Waals surface area contributed by atoms with Gasteiger partial charge in [0.2, 0.25) is 5.88 Å². The fourth-order valence-corrected chi connectivity index (χ4v) is 7.34. The highest BCUT2D eigenvalue weighted by Crippen LogP contribution is 2.42. The minimum absolute atomic E-state index is 0.00152. The number of ether oxygens (including phenoxy) is 5. The Morgan fingerprint density at radius 2 is 1.23 bits per heavy atom. The van der Waals surface area contributed by atoms with Crippen LogP contribution < -0.4 is 18.9 Å². The average molecular weight is 883 g/mol. The van der Waals surface area contributed by atoms with Gasteiger partial charge in [0, 0.05) is 56.1 Å². The topological polar surface area (TPSA) is 213 Å². The molecule has 0 aliphatic carbocycles. The van der Waals surface area contributed by atoms with Gasteiger partial charge in [0.1, 0.15) is 17.1 Å². The number of Topliss-reactive ketones (excluding diaryl/α,β-unsaturated/α-hetero) is 1. The summed E-state index contributed by atoms with van der Waals surface area (Å²) >= 11 is 0. The van der Waals surface area contributed by atoms with Gasteiger partial charge in [0.05, 0.1) is 56.8 Å². The van der Waals surface area contributed by atoms with Crippen LogP contribution in [0.2, 0.25) is 0 Å². The fourth-order valence-electron chi connectivity index (χ4n) is 7.34. The lowest BCUT2D eigenvalue weighted by atomic mass is 9.79. The Bertz CT molecular complexity index is 2650. The Labute approximate surface area is 373 Å². The molecule has 7 aromatic rings. The zero-order valence-corrected chi connectivity index (χ0v) is 35.6. The highest BCUT2D eigenvalue weighted by molar-refractivity contribution is 5.82. The molecular formula is C48H46N6O11. The minimum Gasteiger partial charge on any atom is -0.497 e. The fraction of sp³-hybridized carbons (Fsp3) is 0.250. The first kappa shape index (κ1) is 45.3. The zero-order chi connectivity index (χ0) is 45.8. The van der Waals surface area contributed by atoms with Crippen LogP contribution in [0.15, 0.2) is 134 Å². The highest BCUT2D eigenvalue weighted by atomic mass is 16.6. The van der Waals surface area contributed by atoms with Crippen molar-refractivity contribution in [2.24, 2.45) is 5.92 Å². The summed E-state index contributed by atoms with van der Waals surface area (Å²) in [6, 6.07) is 37.1. The van der Waals surface area contributed by atoms with Crippen molar-refractivity contribution in [3.05, 3.63) is 182 Å². The van der Waals surface area contributed by atoms with Crippen LogP contribution in [0, 0.1) is 26.1 Å². The number of carbonyl (C=O) groups is 1. The Morgan fingerprint density at radius 3 is 1.74 bits per heavy atom. The zero-order valence-electron chi connectivity index (χ0n) is 35.6. The van der Waals surface area contributed by atoms with Crippen molar-refractivity contribution in [2.75, 3.05) is 40.6 Å². The van der Waals surface area contributed by atoms with E-state index in [0.717, 1.165) is 27.8 Å². The number of aromatic nitrogens is 4. The molecule has 1 N–H and O–H groups in total. The quantitative estimate of drug-likeness (QED) is 0.0375. The van der Waals surface area contributed by atoms with Crippen LogP contribution in [-0.4, -0.2) is 80.9 Å². The summed E-state index contributed by atoms with van der Waals surface area (Å²) in [6.07, 6.45) is 2.20. The van der Waals surface area contributed by atoms with Gasteiger partial charge in [-0.25, -0.2) is 4.98 Å². The number of ketones is 1. The number of aliphatic hydroxyl groups excluding tert-OH is 1. The molecule has 0 aliphatic rings. The summed E-state index contributed by atoms with van der Waals surface area (Å²) in [7, 11) is 3.20. The van der Waals surface area contributed by atoms with Crippen molar-refractivity contribution in [2.45, 2.75) is 31.4 Å². The molecular weight excluding hydrogens is 837 g/mol. The van der Waals surface area contributed by atoms with Gasteiger partial charge >= 0.3 is 6.01 Å². The highest BCUT2D eigenvalue weighted by Gasteiger charge is 2.38. The van der Waals surface area contributed by atoms with E-state index in [1.54, 1.807) is 43.1 Å². The van der Waals surface area contributed by atoms with Gasteiger partial charge < -0.3 is 33.4 Å². The summed E-state index contributed by atoms with van der Waals surface area (Å²) in [5.74, 6) is 0.602. The molecule has 2 heterocycles. The van der Waals surface area contributed by atoms with E-state index in [1.165, 1.54) is 30.6 Å². The number of methoxy groups -OCH3 is 2. The summed E-state index contributed by atoms with van der Waals surface area (Å²) in [6.45, 7) is -0.243. The van der Waals surface area contributed by atoms with Crippen LogP contribution in [-0.2, 0) is 34.5 Å². The van der Waals surface area contributed by atoms with Crippen LogP contribution in [0.5, 0.6) is 23.4 Å². The van der Waals surface area contributed by atoms with Gasteiger partial charge in [-0.05, 0) is 52.1 Å². The van der Waals surface area contributed by atoms with E-state index in [0.29, 0.717) is 24.3 Å². The van der Waals surface area contributed by atoms with Crippen LogP contribution >= 0.6 is 0 Å². The number of nitro benzene ring substituents is 2. The molecule has 17 heteroatoms. The molecule has 0 fully saturated rings. The van der Waals surface area contributed by atoms with Crippen LogP contribution in [0.1, 0.15) is 34.2 Å². The van der Waals surface area contributed by atoms with E-state index in [2.05, 4.69) is 15.0 Å².